The summed E-state index contributed by atoms with van der Waals surface area (Å²) in [6.07, 6.45) is 0. The fraction of sp³-hybridized carbons (Fsp3) is 0.0294. The summed E-state index contributed by atoms with van der Waals surface area (Å²) in [5, 5.41) is 0. The summed E-state index contributed by atoms with van der Waals surface area (Å²) in [6.45, 7) is 0. The van der Waals surface area contributed by atoms with E-state index < -0.39 is 10.8 Å². The zero-order valence-electron chi connectivity index (χ0n) is 37.8. The van der Waals surface area contributed by atoms with Gasteiger partial charge in [-0.2, -0.15) is 0 Å². The first-order valence-corrected chi connectivity index (χ1v) is 24.2. The van der Waals surface area contributed by atoms with Gasteiger partial charge in [0.25, 0.3) is 0 Å². The molecule has 4 aliphatic carbocycles. The van der Waals surface area contributed by atoms with Gasteiger partial charge >= 0.3 is 0 Å². The molecule has 0 unspecified atom stereocenters. The van der Waals surface area contributed by atoms with Gasteiger partial charge in [0.1, 0.15) is 0 Å². The van der Waals surface area contributed by atoms with E-state index in [1.165, 1.54) is 111 Å². The van der Waals surface area contributed by atoms with Crippen molar-refractivity contribution >= 4 is 17.1 Å². The van der Waals surface area contributed by atoms with Crippen molar-refractivity contribution in [2.45, 2.75) is 10.8 Å². The molecule has 11 aromatic carbocycles. The maximum atomic E-state index is 2.43. The number of fused-ring (bicyclic) bond motifs is 20. The van der Waals surface area contributed by atoms with E-state index in [2.05, 4.69) is 266 Å². The number of hydrogen-bond donors (Lipinski definition) is 0. The van der Waals surface area contributed by atoms with Crippen molar-refractivity contribution in [3.8, 4) is 66.8 Å². The molecule has 1 heteroatoms. The lowest BCUT2D eigenvalue weighted by Gasteiger charge is -2.30. The van der Waals surface area contributed by atoms with Crippen molar-refractivity contribution in [3.63, 3.8) is 0 Å². The van der Waals surface area contributed by atoms with Crippen LogP contribution in [0.15, 0.2) is 261 Å². The Hall–Kier alpha value is -8.78. The number of rotatable bonds is 5. The molecule has 0 saturated heterocycles. The maximum Gasteiger partial charge on any atom is 0.0725 e. The van der Waals surface area contributed by atoms with Crippen molar-refractivity contribution in [3.05, 3.63) is 305 Å². The van der Waals surface area contributed by atoms with Crippen molar-refractivity contribution < 1.29 is 0 Å². The Bertz CT molecular complexity index is 3600. The van der Waals surface area contributed by atoms with Crippen LogP contribution in [0.25, 0.3) is 66.8 Å². The summed E-state index contributed by atoms with van der Waals surface area (Å²) >= 11 is 0. The molecule has 0 aliphatic heterocycles. The maximum absolute atomic E-state index is 2.43. The van der Waals surface area contributed by atoms with Crippen LogP contribution in [0.3, 0.4) is 0 Å². The van der Waals surface area contributed by atoms with E-state index in [4.69, 9.17) is 0 Å². The monoisotopic (exact) mass is 873 g/mol. The molecule has 320 valence electrons. The number of benzene rings is 11. The molecule has 0 N–H and O–H groups in total. The van der Waals surface area contributed by atoms with Gasteiger partial charge in [0, 0.05) is 17.1 Å². The van der Waals surface area contributed by atoms with Crippen LogP contribution in [0.4, 0.5) is 17.1 Å². The van der Waals surface area contributed by atoms with Gasteiger partial charge in [-0.3, -0.25) is 0 Å². The van der Waals surface area contributed by atoms with Gasteiger partial charge in [-0.1, -0.05) is 224 Å². The Labute approximate surface area is 402 Å². The van der Waals surface area contributed by atoms with Gasteiger partial charge in [-0.15, -0.1) is 0 Å². The fourth-order valence-corrected chi connectivity index (χ4v) is 13.4. The van der Waals surface area contributed by atoms with E-state index in [9.17, 15) is 0 Å². The highest BCUT2D eigenvalue weighted by atomic mass is 15.1. The van der Waals surface area contributed by atoms with Crippen molar-refractivity contribution in [2.24, 2.45) is 0 Å². The SMILES string of the molecule is c1ccc(N(c2cccc(-c3cccc4c3-c3ccccc3C43c4ccccc4-c4ccccc43)c2)c2cccc(-c3cccc4c3-c3ccccc3C43c4ccccc4-c4ccccc43)c2)cc1. The summed E-state index contributed by atoms with van der Waals surface area (Å²) < 4.78 is 0. The molecule has 0 radical (unpaired) electrons. The lowest BCUT2D eigenvalue weighted by molar-refractivity contribution is 0.794. The molecule has 0 atom stereocenters. The molecule has 69 heavy (non-hydrogen) atoms. The third-order valence-corrected chi connectivity index (χ3v) is 15.9. The Morgan fingerprint density at radius 1 is 0.203 bits per heavy atom. The van der Waals surface area contributed by atoms with Crippen molar-refractivity contribution in [2.75, 3.05) is 4.90 Å². The number of anilines is 3. The number of hydrogen-bond acceptors (Lipinski definition) is 1. The predicted octanol–water partition coefficient (Wildman–Crippen LogP) is 17.2. The first-order chi connectivity index (χ1) is 34.3. The van der Waals surface area contributed by atoms with Crippen molar-refractivity contribution in [1.29, 1.82) is 0 Å². The van der Waals surface area contributed by atoms with E-state index in [0.717, 1.165) is 17.1 Å². The topological polar surface area (TPSA) is 3.24 Å². The molecule has 0 bridgehead atoms. The molecule has 4 aliphatic rings. The van der Waals surface area contributed by atoms with Gasteiger partial charge in [0.05, 0.1) is 10.8 Å². The zero-order valence-corrected chi connectivity index (χ0v) is 37.8. The molecule has 15 rings (SSSR count). The van der Waals surface area contributed by atoms with Gasteiger partial charge in [0.15, 0.2) is 0 Å². The standard InChI is InChI=1S/C68H43N/c1-2-22-46(23-3-1)69(47-24-16-20-44(42-47)49-32-18-40-63-65(49)55-30-8-14-38-61(55)67(63)57-34-10-4-26-51(57)52-27-5-11-35-58(52)67)48-25-17-21-45(43-48)50-33-19-41-64-66(50)56-31-9-15-39-62(56)68(64)59-36-12-6-28-53(59)54-29-7-13-37-60(54)68/h1-43H. The van der Waals surface area contributed by atoms with Crippen LogP contribution < -0.4 is 4.90 Å². The summed E-state index contributed by atoms with van der Waals surface area (Å²) in [6, 6.07) is 97.7. The molecule has 2 spiro atoms. The first-order valence-electron chi connectivity index (χ1n) is 24.2. The summed E-state index contributed by atoms with van der Waals surface area (Å²) in [5.41, 5.74) is 28.7. The van der Waals surface area contributed by atoms with Crippen LogP contribution in [0.5, 0.6) is 0 Å². The Morgan fingerprint density at radius 2 is 0.478 bits per heavy atom. The highest BCUT2D eigenvalue weighted by Crippen LogP contribution is 2.66. The van der Waals surface area contributed by atoms with Gasteiger partial charge in [0.2, 0.25) is 0 Å². The molecular formula is C68H43N. The van der Waals surface area contributed by atoms with E-state index in [-0.39, 0.29) is 0 Å². The average molecular weight is 874 g/mol. The third kappa shape index (κ3) is 4.98. The minimum atomic E-state index is -0.397. The highest BCUT2D eigenvalue weighted by Gasteiger charge is 2.53. The van der Waals surface area contributed by atoms with Gasteiger partial charge < -0.3 is 4.90 Å². The van der Waals surface area contributed by atoms with E-state index in [0.29, 0.717) is 0 Å². The molecule has 11 aromatic rings. The molecular weight excluding hydrogens is 831 g/mol. The minimum absolute atomic E-state index is 0.397. The number of nitrogens with zero attached hydrogens (tertiary/aromatic N) is 1. The summed E-state index contributed by atoms with van der Waals surface area (Å²) in [7, 11) is 0. The Morgan fingerprint density at radius 3 is 0.870 bits per heavy atom. The van der Waals surface area contributed by atoms with Crippen LogP contribution in [-0.2, 0) is 10.8 Å². The summed E-state index contributed by atoms with van der Waals surface area (Å²) in [4.78, 5) is 2.43. The van der Waals surface area contributed by atoms with Gasteiger partial charge in [-0.25, -0.2) is 0 Å². The van der Waals surface area contributed by atoms with E-state index in [1.807, 2.05) is 0 Å². The molecule has 0 saturated carbocycles. The van der Waals surface area contributed by atoms with E-state index in [1.54, 1.807) is 0 Å². The second kappa shape index (κ2) is 14.4. The third-order valence-electron chi connectivity index (χ3n) is 15.9. The first kappa shape index (κ1) is 38.3. The normalized spacial score (nSPS) is 14.0. The second-order valence-corrected chi connectivity index (χ2v) is 19.0. The van der Waals surface area contributed by atoms with E-state index >= 15 is 0 Å². The van der Waals surface area contributed by atoms with Crippen LogP contribution in [0.2, 0.25) is 0 Å². The molecule has 1 nitrogen and oxygen atoms in total. The second-order valence-electron chi connectivity index (χ2n) is 19.0. The zero-order chi connectivity index (χ0) is 45.3. The molecule has 0 fully saturated rings. The van der Waals surface area contributed by atoms with Crippen LogP contribution >= 0.6 is 0 Å². The Balaban J connectivity index is 0.899. The fourth-order valence-electron chi connectivity index (χ4n) is 13.4. The predicted molar refractivity (Wildman–Crippen MR) is 285 cm³/mol. The summed E-state index contributed by atoms with van der Waals surface area (Å²) in [5.74, 6) is 0. The molecule has 0 amide bonds. The minimum Gasteiger partial charge on any atom is -0.310 e. The van der Waals surface area contributed by atoms with Crippen LogP contribution in [0, 0.1) is 0 Å². The average Bonchev–Trinajstić information content (AvgIpc) is 4.11. The lowest BCUT2D eigenvalue weighted by atomic mass is 9.70. The van der Waals surface area contributed by atoms with Crippen LogP contribution in [0.1, 0.15) is 44.5 Å². The van der Waals surface area contributed by atoms with Gasteiger partial charge in [-0.05, 0) is 148 Å². The number of para-hydroxylation sites is 1. The van der Waals surface area contributed by atoms with Crippen molar-refractivity contribution in [1.82, 2.24) is 0 Å². The quantitative estimate of drug-likeness (QED) is 0.167. The van der Waals surface area contributed by atoms with Crippen LogP contribution in [-0.4, -0.2) is 0 Å². The lowest BCUT2D eigenvalue weighted by Crippen LogP contribution is -2.25. The smallest absolute Gasteiger partial charge is 0.0725 e. The molecule has 0 aromatic heterocycles. The largest absolute Gasteiger partial charge is 0.310 e. The Kier molecular flexibility index (Phi) is 7.98. The molecule has 0 heterocycles. The highest BCUT2D eigenvalue weighted by molar-refractivity contribution is 6.02.